The van der Waals surface area contributed by atoms with Crippen molar-refractivity contribution in [3.05, 3.63) is 222 Å². The lowest BCUT2D eigenvalue weighted by atomic mass is 9.89. The van der Waals surface area contributed by atoms with Gasteiger partial charge in [-0.05, 0) is 102 Å². The summed E-state index contributed by atoms with van der Waals surface area (Å²) < 4.78 is 2.54. The number of nitrogens with zero attached hydrogens (tertiary/aromatic N) is 3. The summed E-state index contributed by atoms with van der Waals surface area (Å²) in [7, 11) is 0. The predicted molar refractivity (Wildman–Crippen MR) is 262 cm³/mol. The van der Waals surface area contributed by atoms with Gasteiger partial charge in [0.15, 0.2) is 5.82 Å². The van der Waals surface area contributed by atoms with E-state index >= 15 is 0 Å². The van der Waals surface area contributed by atoms with E-state index in [0.717, 1.165) is 57.0 Å². The number of hydrogen-bond donors (Lipinski definition) is 0. The molecule has 292 valence electrons. The molecule has 10 aromatic carbocycles. The van der Waals surface area contributed by atoms with Gasteiger partial charge in [-0.1, -0.05) is 170 Å². The number of benzene rings is 10. The van der Waals surface area contributed by atoms with Crippen LogP contribution >= 0.6 is 0 Å². The Labute approximate surface area is 364 Å². The van der Waals surface area contributed by atoms with E-state index in [2.05, 4.69) is 205 Å². The Balaban J connectivity index is 1.14. The molecule has 0 saturated heterocycles. The summed E-state index contributed by atoms with van der Waals surface area (Å²) in [5.41, 5.74) is 18.8. The normalized spacial score (nSPS) is 12.6. The molecule has 0 fully saturated rings. The van der Waals surface area contributed by atoms with E-state index in [-0.39, 0.29) is 0 Å². The van der Waals surface area contributed by atoms with Gasteiger partial charge in [0.05, 0.1) is 28.1 Å². The van der Waals surface area contributed by atoms with Crippen molar-refractivity contribution in [3.63, 3.8) is 0 Å². The van der Waals surface area contributed by atoms with Crippen molar-refractivity contribution < 1.29 is 0 Å². The predicted octanol–water partition coefficient (Wildman–Crippen LogP) is 15.2. The lowest BCUT2D eigenvalue weighted by molar-refractivity contribution is 1.09. The summed E-state index contributed by atoms with van der Waals surface area (Å²) in [5.74, 6) is 0.731. The highest BCUT2D eigenvalue weighted by Crippen LogP contribution is 2.50. The summed E-state index contributed by atoms with van der Waals surface area (Å²) in [6.07, 6.45) is 1.48. The quantitative estimate of drug-likeness (QED) is 0.178. The van der Waals surface area contributed by atoms with Gasteiger partial charge >= 0.3 is 0 Å². The van der Waals surface area contributed by atoms with Crippen LogP contribution in [0.15, 0.2) is 200 Å². The summed E-state index contributed by atoms with van der Waals surface area (Å²) >= 11 is 0. The molecule has 3 heterocycles. The average Bonchev–Trinajstić information content (AvgIpc) is 3.89. The van der Waals surface area contributed by atoms with Crippen molar-refractivity contribution in [1.29, 1.82) is 0 Å². The summed E-state index contributed by atoms with van der Waals surface area (Å²) in [4.78, 5) is 11.6. The second-order valence-corrected chi connectivity index (χ2v) is 17.3. The minimum absolute atomic E-state index is 0.675. The molecule has 0 atom stereocenters. The Hall–Kier alpha value is -8.14. The molecule has 0 amide bonds. The summed E-state index contributed by atoms with van der Waals surface area (Å²) in [6.45, 7) is 0. The third-order valence-corrected chi connectivity index (χ3v) is 13.8. The SMILES string of the molecule is c1ccc(-c2cccc(-c3nc(-c4cccc5ccccc45)nc4c3Cc3ccc5c6cc7ccccc7cc6n(c5c3)-c3ccc5c(c3-4)Cc3c-5ccc4ccccc34)c2)cc1. The largest absolute Gasteiger partial charge is 0.309 e. The van der Waals surface area contributed by atoms with E-state index in [1.807, 2.05) is 0 Å². The fraction of sp³-hybridized carbons (Fsp3) is 0.0333. The van der Waals surface area contributed by atoms with Gasteiger partial charge in [-0.15, -0.1) is 0 Å². The van der Waals surface area contributed by atoms with Gasteiger partial charge in [-0.3, -0.25) is 0 Å². The maximum absolute atomic E-state index is 5.89. The first-order valence-corrected chi connectivity index (χ1v) is 21.9. The van der Waals surface area contributed by atoms with E-state index in [4.69, 9.17) is 9.97 Å². The van der Waals surface area contributed by atoms with Crippen LogP contribution in [0.3, 0.4) is 0 Å². The topological polar surface area (TPSA) is 30.7 Å². The smallest absolute Gasteiger partial charge is 0.161 e. The van der Waals surface area contributed by atoms with Gasteiger partial charge in [0.25, 0.3) is 0 Å². The highest BCUT2D eigenvalue weighted by Gasteiger charge is 2.32. The molecule has 1 aliphatic heterocycles. The summed E-state index contributed by atoms with van der Waals surface area (Å²) in [6, 6.07) is 73.6. The van der Waals surface area contributed by atoms with E-state index < -0.39 is 0 Å². The van der Waals surface area contributed by atoms with Gasteiger partial charge in [-0.2, -0.15) is 0 Å². The standard InChI is InChI=1S/C60H37N3/c1-2-12-37(13-3-1)40-19-10-20-43(32-40)58-53-30-36-24-26-48-51-33-41-16-4-5-17-42(41)34-56(51)63(55(48)31-36)54-29-28-47-46-27-25-39-15-7-9-22-45(39)50(46)35-52(47)57(54)59(53)62-60(61-58)49-23-11-18-38-14-6-8-21-44(38)49/h1-29,31-34H,30,35H2. The first-order chi connectivity index (χ1) is 31.2. The monoisotopic (exact) mass is 799 g/mol. The Bertz CT molecular complexity index is 3910. The van der Waals surface area contributed by atoms with Crippen LogP contribution in [0.5, 0.6) is 0 Å². The van der Waals surface area contributed by atoms with Crippen molar-refractivity contribution in [2.75, 3.05) is 0 Å². The average molecular weight is 800 g/mol. The minimum atomic E-state index is 0.675. The molecule has 14 rings (SSSR count). The molecule has 2 aliphatic rings. The number of aromatic nitrogens is 3. The molecule has 3 heteroatoms. The molecule has 0 N–H and O–H groups in total. The molecule has 0 unspecified atom stereocenters. The fourth-order valence-electron chi connectivity index (χ4n) is 10.9. The first-order valence-electron chi connectivity index (χ1n) is 21.9. The second kappa shape index (κ2) is 13.2. The lowest BCUT2D eigenvalue weighted by Crippen LogP contribution is -2.07. The fourth-order valence-corrected chi connectivity index (χ4v) is 10.9. The van der Waals surface area contributed by atoms with Crippen molar-refractivity contribution >= 4 is 54.1 Å². The van der Waals surface area contributed by atoms with Gasteiger partial charge in [0.2, 0.25) is 0 Å². The molecule has 1 aliphatic carbocycles. The zero-order valence-corrected chi connectivity index (χ0v) is 34.3. The van der Waals surface area contributed by atoms with Crippen LogP contribution < -0.4 is 0 Å². The Morgan fingerprint density at radius 2 is 1.00 bits per heavy atom. The summed E-state index contributed by atoms with van der Waals surface area (Å²) in [5, 5.41) is 9.88. The molecule has 3 nitrogen and oxygen atoms in total. The molecule has 2 bridgehead atoms. The molecule has 0 spiro atoms. The van der Waals surface area contributed by atoms with Crippen LogP contribution in [0.25, 0.3) is 116 Å². The first kappa shape index (κ1) is 34.6. The van der Waals surface area contributed by atoms with E-state index in [9.17, 15) is 0 Å². The van der Waals surface area contributed by atoms with Crippen molar-refractivity contribution in [2.45, 2.75) is 12.8 Å². The van der Waals surface area contributed by atoms with E-state index in [0.29, 0.717) is 6.42 Å². The molecular weight excluding hydrogens is 763 g/mol. The minimum Gasteiger partial charge on any atom is -0.309 e. The highest BCUT2D eigenvalue weighted by molar-refractivity contribution is 6.15. The molecular formula is C60H37N3. The zero-order valence-electron chi connectivity index (χ0n) is 34.3. The number of hydrogen-bond acceptors (Lipinski definition) is 2. The highest BCUT2D eigenvalue weighted by atomic mass is 15.0. The molecule has 0 saturated carbocycles. The van der Waals surface area contributed by atoms with E-state index in [1.165, 1.54) is 87.7 Å². The van der Waals surface area contributed by atoms with Crippen molar-refractivity contribution in [2.24, 2.45) is 0 Å². The van der Waals surface area contributed by atoms with Crippen LogP contribution in [-0.4, -0.2) is 14.5 Å². The van der Waals surface area contributed by atoms with Gasteiger partial charge in [0.1, 0.15) is 0 Å². The second-order valence-electron chi connectivity index (χ2n) is 17.3. The van der Waals surface area contributed by atoms with Crippen LogP contribution in [-0.2, 0) is 12.8 Å². The van der Waals surface area contributed by atoms with Gasteiger partial charge in [-0.25, -0.2) is 9.97 Å². The van der Waals surface area contributed by atoms with Crippen molar-refractivity contribution in [1.82, 2.24) is 14.5 Å². The lowest BCUT2D eigenvalue weighted by Gasteiger charge is -2.22. The maximum Gasteiger partial charge on any atom is 0.161 e. The number of rotatable bonds is 3. The van der Waals surface area contributed by atoms with Crippen molar-refractivity contribution in [3.8, 4) is 61.8 Å². The van der Waals surface area contributed by atoms with E-state index in [1.54, 1.807) is 0 Å². The van der Waals surface area contributed by atoms with Crippen LogP contribution in [0, 0.1) is 0 Å². The Morgan fingerprint density at radius 1 is 0.349 bits per heavy atom. The third-order valence-electron chi connectivity index (χ3n) is 13.8. The third kappa shape index (κ3) is 5.14. The van der Waals surface area contributed by atoms with Crippen LogP contribution in [0.4, 0.5) is 0 Å². The van der Waals surface area contributed by atoms with Gasteiger partial charge < -0.3 is 4.57 Å². The Kier molecular flexibility index (Phi) is 7.23. The molecule has 63 heavy (non-hydrogen) atoms. The van der Waals surface area contributed by atoms with Gasteiger partial charge in [0, 0.05) is 45.9 Å². The maximum atomic E-state index is 5.89. The van der Waals surface area contributed by atoms with Crippen LogP contribution in [0.1, 0.15) is 22.3 Å². The van der Waals surface area contributed by atoms with Crippen LogP contribution in [0.2, 0.25) is 0 Å². The number of fused-ring (bicyclic) bond motifs is 16. The zero-order chi connectivity index (χ0) is 41.2. The molecule has 12 aromatic rings. The Morgan fingerprint density at radius 3 is 1.87 bits per heavy atom. The molecule has 0 radical (unpaired) electrons. The molecule has 2 aromatic heterocycles.